The molecule has 0 radical (unpaired) electrons. The number of rotatable bonds is 3. The summed E-state index contributed by atoms with van der Waals surface area (Å²) in [7, 11) is 0. The number of hydrogen-bond acceptors (Lipinski definition) is 5. The van der Waals surface area contributed by atoms with E-state index in [1.807, 2.05) is 11.0 Å². The smallest absolute Gasteiger partial charge is 0.253 e. The molecule has 1 amide bonds. The molecule has 0 bridgehead atoms. The van der Waals surface area contributed by atoms with Gasteiger partial charge in [0.25, 0.3) is 5.91 Å². The molecule has 26 heavy (non-hydrogen) atoms. The molecule has 136 valence electrons. The van der Waals surface area contributed by atoms with Gasteiger partial charge >= 0.3 is 0 Å². The molecule has 0 N–H and O–H groups in total. The highest BCUT2D eigenvalue weighted by Gasteiger charge is 2.32. The van der Waals surface area contributed by atoms with Crippen molar-refractivity contribution >= 4 is 23.5 Å². The Balaban J connectivity index is 1.31. The summed E-state index contributed by atoms with van der Waals surface area (Å²) in [6.45, 7) is 5.29. The Morgan fingerprint density at radius 3 is 2.38 bits per heavy atom. The number of benzene rings is 1. The van der Waals surface area contributed by atoms with Crippen molar-refractivity contribution in [3.63, 3.8) is 0 Å². The molecule has 0 spiro atoms. The Hall–Kier alpha value is -2.18. The van der Waals surface area contributed by atoms with Crippen molar-refractivity contribution in [1.82, 2.24) is 19.8 Å². The van der Waals surface area contributed by atoms with E-state index >= 15 is 0 Å². The fourth-order valence-corrected chi connectivity index (χ4v) is 3.87. The zero-order chi connectivity index (χ0) is 17.9. The Morgan fingerprint density at radius 2 is 1.69 bits per heavy atom. The number of nitrogens with zero attached hydrogens (tertiary/aromatic N) is 5. The van der Waals surface area contributed by atoms with Gasteiger partial charge in [-0.25, -0.2) is 9.97 Å². The third-order valence-corrected chi connectivity index (χ3v) is 5.46. The first-order valence-electron chi connectivity index (χ1n) is 9.01. The lowest BCUT2D eigenvalue weighted by molar-refractivity contribution is 0.0585. The molecule has 2 fully saturated rings. The minimum atomic E-state index is 0.0899. The summed E-state index contributed by atoms with van der Waals surface area (Å²) < 4.78 is 0. The second-order valence-corrected chi connectivity index (χ2v) is 7.21. The molecule has 0 aliphatic carbocycles. The highest BCUT2D eigenvalue weighted by Crippen LogP contribution is 2.21. The van der Waals surface area contributed by atoms with Crippen LogP contribution in [0.1, 0.15) is 16.8 Å². The van der Waals surface area contributed by atoms with Gasteiger partial charge in [0.05, 0.1) is 0 Å². The molecular weight excluding hydrogens is 350 g/mol. The van der Waals surface area contributed by atoms with Gasteiger partial charge in [0.1, 0.15) is 0 Å². The minimum absolute atomic E-state index is 0.0899. The molecule has 0 unspecified atom stereocenters. The van der Waals surface area contributed by atoms with Crippen LogP contribution in [0.2, 0.25) is 5.02 Å². The van der Waals surface area contributed by atoms with Gasteiger partial charge in [-0.05, 0) is 36.8 Å². The zero-order valence-electron chi connectivity index (χ0n) is 14.6. The number of anilines is 1. The van der Waals surface area contributed by atoms with Crippen LogP contribution < -0.4 is 4.90 Å². The predicted molar refractivity (Wildman–Crippen MR) is 102 cm³/mol. The van der Waals surface area contributed by atoms with E-state index in [1.54, 1.807) is 36.7 Å². The van der Waals surface area contributed by atoms with E-state index in [1.165, 1.54) is 0 Å². The van der Waals surface area contributed by atoms with E-state index in [9.17, 15) is 4.79 Å². The molecule has 3 heterocycles. The summed E-state index contributed by atoms with van der Waals surface area (Å²) in [4.78, 5) is 28.0. The first-order valence-corrected chi connectivity index (χ1v) is 9.39. The first kappa shape index (κ1) is 17.2. The number of carbonyl (C=O) groups excluding carboxylic acids is 1. The van der Waals surface area contributed by atoms with Gasteiger partial charge in [-0.3, -0.25) is 9.69 Å². The number of carbonyl (C=O) groups is 1. The fourth-order valence-electron chi connectivity index (χ4n) is 3.74. The molecule has 1 aromatic heterocycles. The Kier molecular flexibility index (Phi) is 5.04. The highest BCUT2D eigenvalue weighted by atomic mass is 35.5. The average molecular weight is 372 g/mol. The van der Waals surface area contributed by atoms with Crippen LogP contribution >= 0.6 is 11.6 Å². The lowest BCUT2D eigenvalue weighted by Crippen LogP contribution is -2.52. The molecule has 1 aromatic carbocycles. The number of piperazine rings is 1. The predicted octanol–water partition coefficient (Wildman–Crippen LogP) is 2.17. The largest absolute Gasteiger partial charge is 0.339 e. The van der Waals surface area contributed by atoms with Crippen molar-refractivity contribution in [1.29, 1.82) is 0 Å². The maximum Gasteiger partial charge on any atom is 0.253 e. The van der Waals surface area contributed by atoms with Crippen molar-refractivity contribution in [3.8, 4) is 0 Å². The molecule has 0 saturated carbocycles. The van der Waals surface area contributed by atoms with E-state index in [0.717, 1.165) is 51.6 Å². The number of amides is 1. The lowest BCUT2D eigenvalue weighted by Gasteiger charge is -2.38. The molecule has 4 rings (SSSR count). The zero-order valence-corrected chi connectivity index (χ0v) is 15.3. The summed E-state index contributed by atoms with van der Waals surface area (Å²) in [5, 5.41) is 0.652. The molecular formula is C19H22ClN5O. The van der Waals surface area contributed by atoms with Crippen molar-refractivity contribution < 1.29 is 4.79 Å². The van der Waals surface area contributed by atoms with E-state index < -0.39 is 0 Å². The van der Waals surface area contributed by atoms with Gasteiger partial charge in [-0.2, -0.15) is 0 Å². The van der Waals surface area contributed by atoms with E-state index in [2.05, 4.69) is 19.8 Å². The molecule has 2 aliphatic rings. The van der Waals surface area contributed by atoms with Gasteiger partial charge in [0, 0.05) is 68.3 Å². The van der Waals surface area contributed by atoms with Gasteiger partial charge < -0.3 is 9.80 Å². The minimum Gasteiger partial charge on any atom is -0.339 e. The van der Waals surface area contributed by atoms with Gasteiger partial charge in [0.15, 0.2) is 0 Å². The quantitative estimate of drug-likeness (QED) is 0.827. The monoisotopic (exact) mass is 371 g/mol. The normalized spacial score (nSPS) is 21.2. The standard InChI is InChI=1S/C19H22ClN5O/c20-16-4-2-15(3-5-16)18(26)24-12-10-23(11-13-24)17-6-9-25(14-17)19-21-7-1-8-22-19/h1-5,7-8,17H,6,9-14H2/t17-/m0/s1. The maximum absolute atomic E-state index is 12.6. The van der Waals surface area contributed by atoms with Crippen LogP contribution in [-0.2, 0) is 0 Å². The fraction of sp³-hybridized carbons (Fsp3) is 0.421. The summed E-state index contributed by atoms with van der Waals surface area (Å²) in [5.41, 5.74) is 0.705. The molecule has 2 aromatic rings. The van der Waals surface area contributed by atoms with Crippen LogP contribution in [0.5, 0.6) is 0 Å². The molecule has 6 nitrogen and oxygen atoms in total. The Morgan fingerprint density at radius 1 is 1.00 bits per heavy atom. The second kappa shape index (κ2) is 7.60. The third kappa shape index (κ3) is 3.66. The van der Waals surface area contributed by atoms with E-state index in [0.29, 0.717) is 16.6 Å². The van der Waals surface area contributed by atoms with E-state index in [-0.39, 0.29) is 5.91 Å². The molecule has 7 heteroatoms. The van der Waals surface area contributed by atoms with Crippen LogP contribution in [0.15, 0.2) is 42.7 Å². The summed E-state index contributed by atoms with van der Waals surface area (Å²) in [5.74, 6) is 0.901. The third-order valence-electron chi connectivity index (χ3n) is 5.21. The Bertz CT molecular complexity index is 746. The molecule has 1 atom stereocenters. The topological polar surface area (TPSA) is 52.6 Å². The second-order valence-electron chi connectivity index (χ2n) is 6.77. The summed E-state index contributed by atoms with van der Waals surface area (Å²) in [6.07, 6.45) is 4.69. The first-order chi connectivity index (χ1) is 12.7. The van der Waals surface area contributed by atoms with Gasteiger partial charge in [-0.1, -0.05) is 11.6 Å². The van der Waals surface area contributed by atoms with E-state index in [4.69, 9.17) is 11.6 Å². The van der Waals surface area contributed by atoms with Crippen molar-refractivity contribution in [2.75, 3.05) is 44.2 Å². The Labute approximate surface area is 158 Å². The van der Waals surface area contributed by atoms with Crippen LogP contribution in [-0.4, -0.2) is 71.0 Å². The van der Waals surface area contributed by atoms with Crippen molar-refractivity contribution in [3.05, 3.63) is 53.3 Å². The molecule has 2 aliphatic heterocycles. The van der Waals surface area contributed by atoms with Gasteiger partial charge in [0.2, 0.25) is 5.95 Å². The van der Waals surface area contributed by atoms with Crippen molar-refractivity contribution in [2.45, 2.75) is 12.5 Å². The lowest BCUT2D eigenvalue weighted by atomic mass is 10.1. The van der Waals surface area contributed by atoms with Crippen LogP contribution in [0.4, 0.5) is 5.95 Å². The van der Waals surface area contributed by atoms with Crippen LogP contribution in [0.3, 0.4) is 0 Å². The number of aromatic nitrogens is 2. The number of halogens is 1. The van der Waals surface area contributed by atoms with Crippen LogP contribution in [0, 0.1) is 0 Å². The average Bonchev–Trinajstić information content (AvgIpc) is 3.19. The highest BCUT2D eigenvalue weighted by molar-refractivity contribution is 6.30. The molecule has 2 saturated heterocycles. The summed E-state index contributed by atoms with van der Waals surface area (Å²) >= 11 is 5.91. The SMILES string of the molecule is O=C(c1ccc(Cl)cc1)N1CCN([C@H]2CCN(c3ncccn3)C2)CC1. The number of hydrogen-bond donors (Lipinski definition) is 0. The van der Waals surface area contributed by atoms with Crippen molar-refractivity contribution in [2.24, 2.45) is 0 Å². The summed E-state index contributed by atoms with van der Waals surface area (Å²) in [6, 6.07) is 9.48. The maximum atomic E-state index is 12.6. The van der Waals surface area contributed by atoms with Crippen LogP contribution in [0.25, 0.3) is 0 Å². The van der Waals surface area contributed by atoms with Gasteiger partial charge in [-0.15, -0.1) is 0 Å².